The second-order valence-corrected chi connectivity index (χ2v) is 7.02. The van der Waals surface area contributed by atoms with Crippen molar-refractivity contribution in [3.8, 4) is 11.3 Å². The summed E-state index contributed by atoms with van der Waals surface area (Å²) in [7, 11) is 0. The van der Waals surface area contributed by atoms with Crippen molar-refractivity contribution in [3.63, 3.8) is 0 Å². The Morgan fingerprint density at radius 3 is 2.19 bits per heavy atom. The third-order valence-electron chi connectivity index (χ3n) is 4.85. The number of hydrogen-bond acceptors (Lipinski definition) is 4. The summed E-state index contributed by atoms with van der Waals surface area (Å²) < 4.78 is 107. The van der Waals surface area contributed by atoms with Crippen LogP contribution in [0, 0.1) is 6.92 Å². The van der Waals surface area contributed by atoms with Gasteiger partial charge in [0, 0.05) is 11.8 Å². The molecule has 0 bridgehead atoms. The zero-order valence-electron chi connectivity index (χ0n) is 15.8. The van der Waals surface area contributed by atoms with Crippen LogP contribution >= 0.6 is 0 Å². The Balaban J connectivity index is 2.24. The molecule has 5 nitrogen and oxygen atoms in total. The fourth-order valence-corrected chi connectivity index (χ4v) is 3.01. The highest BCUT2D eigenvalue weighted by molar-refractivity contribution is 5.72. The molecule has 3 aromatic rings. The predicted molar refractivity (Wildman–Crippen MR) is 93.1 cm³/mol. The van der Waals surface area contributed by atoms with Gasteiger partial charge in [0.05, 0.1) is 11.9 Å². The minimum atomic E-state index is -6.05. The molecule has 0 saturated heterocycles. The Labute approximate surface area is 169 Å². The Morgan fingerprint density at radius 1 is 1.03 bits per heavy atom. The average Bonchev–Trinajstić information content (AvgIpc) is 3.04. The summed E-state index contributed by atoms with van der Waals surface area (Å²) in [6.07, 6.45) is -9.27. The number of aryl methyl sites for hydroxylation is 1. The number of nitrogens with zero attached hydrogens (tertiary/aromatic N) is 3. The van der Waals surface area contributed by atoms with Gasteiger partial charge in [0.25, 0.3) is 0 Å². The number of nitrogen functional groups attached to an aromatic ring is 1. The van der Waals surface area contributed by atoms with Crippen molar-refractivity contribution in [1.82, 2.24) is 14.4 Å². The molecule has 0 aliphatic carbocycles. The maximum Gasteiger partial charge on any atom is 0.456 e. The van der Waals surface area contributed by atoms with Gasteiger partial charge in [0.2, 0.25) is 0 Å². The molecule has 0 saturated carbocycles. The van der Waals surface area contributed by atoms with Gasteiger partial charge in [-0.25, -0.2) is 9.97 Å². The molecule has 0 radical (unpaired) electrons. The Bertz CT molecular complexity index is 1150. The monoisotopic (exact) mass is 454 g/mol. The number of alkyl halides is 8. The van der Waals surface area contributed by atoms with E-state index in [-0.39, 0.29) is 16.9 Å². The number of rotatable bonds is 3. The summed E-state index contributed by atoms with van der Waals surface area (Å²) in [4.78, 5) is 7.08. The van der Waals surface area contributed by atoms with Gasteiger partial charge in [-0.3, -0.25) is 4.40 Å². The lowest BCUT2D eigenvalue weighted by Gasteiger charge is -2.34. The standard InChI is InChI=1S/C18H14F8N4O/c1-8-3-4-9(15(2,31)17(22,23)18(24,25)26)5-10(8)11-6-28-14-13(27)29-12(7-30(11)14)16(19,20)21/h3-7,31H,1-2H3,(H2,27,29)/t15-/m0/s1. The third-order valence-corrected chi connectivity index (χ3v) is 4.85. The van der Waals surface area contributed by atoms with E-state index in [1.54, 1.807) is 0 Å². The number of hydrogen-bond donors (Lipinski definition) is 2. The number of benzene rings is 1. The zero-order valence-corrected chi connectivity index (χ0v) is 15.8. The summed E-state index contributed by atoms with van der Waals surface area (Å²) in [5.74, 6) is -6.07. The molecular weight excluding hydrogens is 440 g/mol. The number of nitrogens with two attached hydrogens (primary N) is 1. The summed E-state index contributed by atoms with van der Waals surface area (Å²) in [6, 6.07) is 2.86. The lowest BCUT2D eigenvalue weighted by Crippen LogP contribution is -2.53. The largest absolute Gasteiger partial charge is 0.456 e. The lowest BCUT2D eigenvalue weighted by molar-refractivity contribution is -0.342. The first-order chi connectivity index (χ1) is 14.0. The van der Waals surface area contributed by atoms with E-state index in [2.05, 4.69) is 9.97 Å². The Kier molecular flexibility index (Phi) is 4.96. The molecule has 0 aliphatic heterocycles. The molecule has 1 aromatic carbocycles. The molecule has 2 aromatic heterocycles. The SMILES string of the molecule is Cc1ccc([C@](C)(O)C(F)(F)C(F)(F)F)cc1-c1cnc2c(N)nc(C(F)(F)F)cn12. The maximum atomic E-state index is 13.9. The second-order valence-electron chi connectivity index (χ2n) is 7.02. The first-order valence-electron chi connectivity index (χ1n) is 8.47. The van der Waals surface area contributed by atoms with Crippen molar-refractivity contribution in [2.45, 2.75) is 37.7 Å². The van der Waals surface area contributed by atoms with Gasteiger partial charge < -0.3 is 10.8 Å². The van der Waals surface area contributed by atoms with Crippen molar-refractivity contribution in [3.05, 3.63) is 47.4 Å². The van der Waals surface area contributed by atoms with Crippen molar-refractivity contribution >= 4 is 11.5 Å². The molecule has 31 heavy (non-hydrogen) atoms. The molecule has 168 valence electrons. The molecule has 3 N–H and O–H groups in total. The average molecular weight is 454 g/mol. The fourth-order valence-electron chi connectivity index (χ4n) is 3.01. The molecular formula is C18H14F8N4O. The number of imidazole rings is 1. The molecule has 0 unspecified atom stereocenters. The van der Waals surface area contributed by atoms with Gasteiger partial charge in [-0.1, -0.05) is 12.1 Å². The van der Waals surface area contributed by atoms with Crippen LogP contribution in [0.3, 0.4) is 0 Å². The highest BCUT2D eigenvalue weighted by Crippen LogP contribution is 2.48. The quantitative estimate of drug-likeness (QED) is 0.562. The predicted octanol–water partition coefficient (Wildman–Crippen LogP) is 4.71. The maximum absolute atomic E-state index is 13.9. The van der Waals surface area contributed by atoms with E-state index in [9.17, 15) is 40.2 Å². The minimum absolute atomic E-state index is 0.0398. The van der Waals surface area contributed by atoms with Crippen LogP contribution in [0.4, 0.5) is 40.9 Å². The van der Waals surface area contributed by atoms with Gasteiger partial charge in [-0.15, -0.1) is 0 Å². The van der Waals surface area contributed by atoms with Crippen molar-refractivity contribution < 1.29 is 40.2 Å². The highest BCUT2D eigenvalue weighted by atomic mass is 19.4. The van der Waals surface area contributed by atoms with Crippen LogP contribution in [0.15, 0.2) is 30.6 Å². The van der Waals surface area contributed by atoms with Gasteiger partial charge in [0.1, 0.15) is 0 Å². The number of aliphatic hydroxyl groups is 1. The normalized spacial score (nSPS) is 15.3. The van der Waals surface area contributed by atoms with E-state index >= 15 is 0 Å². The van der Waals surface area contributed by atoms with E-state index in [1.165, 1.54) is 6.92 Å². The van der Waals surface area contributed by atoms with Crippen molar-refractivity contribution in [1.29, 1.82) is 0 Å². The Hall–Kier alpha value is -2.96. The van der Waals surface area contributed by atoms with Crippen LogP contribution in [0.2, 0.25) is 0 Å². The molecule has 3 rings (SSSR count). The Morgan fingerprint density at radius 2 is 1.65 bits per heavy atom. The molecule has 0 amide bonds. The molecule has 2 heterocycles. The van der Waals surface area contributed by atoms with E-state index in [0.29, 0.717) is 18.7 Å². The highest BCUT2D eigenvalue weighted by Gasteiger charge is 2.68. The number of fused-ring (bicyclic) bond motifs is 1. The molecule has 0 fully saturated rings. The van der Waals surface area contributed by atoms with Crippen molar-refractivity contribution in [2.75, 3.05) is 5.73 Å². The summed E-state index contributed by atoms with van der Waals surface area (Å²) in [5, 5.41) is 10.1. The molecule has 1 atom stereocenters. The van der Waals surface area contributed by atoms with Crippen molar-refractivity contribution in [2.24, 2.45) is 0 Å². The van der Waals surface area contributed by atoms with Crippen LogP contribution in [-0.4, -0.2) is 31.6 Å². The van der Waals surface area contributed by atoms with Gasteiger partial charge in [-0.05, 0) is 31.0 Å². The van der Waals surface area contributed by atoms with E-state index in [4.69, 9.17) is 5.73 Å². The van der Waals surface area contributed by atoms with Crippen LogP contribution in [-0.2, 0) is 11.8 Å². The van der Waals surface area contributed by atoms with Crippen LogP contribution in [0.1, 0.15) is 23.7 Å². The topological polar surface area (TPSA) is 76.4 Å². The summed E-state index contributed by atoms with van der Waals surface area (Å²) >= 11 is 0. The van der Waals surface area contributed by atoms with Gasteiger partial charge in [0.15, 0.2) is 22.8 Å². The zero-order chi connectivity index (χ0) is 23.6. The second kappa shape index (κ2) is 6.77. The third kappa shape index (κ3) is 3.56. The number of halogens is 8. The number of aromatic nitrogens is 3. The van der Waals surface area contributed by atoms with E-state index in [1.807, 2.05) is 0 Å². The molecule has 0 aliphatic rings. The first kappa shape index (κ1) is 22.7. The van der Waals surface area contributed by atoms with Gasteiger partial charge >= 0.3 is 18.3 Å². The summed E-state index contributed by atoms with van der Waals surface area (Å²) in [5.41, 5.74) is -0.292. The van der Waals surface area contributed by atoms with Crippen LogP contribution in [0.5, 0.6) is 0 Å². The molecule has 13 heteroatoms. The number of anilines is 1. The van der Waals surface area contributed by atoms with Crippen LogP contribution in [0.25, 0.3) is 16.9 Å². The van der Waals surface area contributed by atoms with Crippen LogP contribution < -0.4 is 5.73 Å². The fraction of sp³-hybridized carbons (Fsp3) is 0.333. The smallest absolute Gasteiger partial charge is 0.381 e. The first-order valence-corrected chi connectivity index (χ1v) is 8.47. The van der Waals surface area contributed by atoms with E-state index < -0.39 is 41.0 Å². The minimum Gasteiger partial charge on any atom is -0.381 e. The van der Waals surface area contributed by atoms with E-state index in [0.717, 1.165) is 28.8 Å². The lowest BCUT2D eigenvalue weighted by atomic mass is 9.86. The van der Waals surface area contributed by atoms with Gasteiger partial charge in [-0.2, -0.15) is 35.1 Å². The molecule has 0 spiro atoms. The summed E-state index contributed by atoms with van der Waals surface area (Å²) in [6.45, 7) is 1.75.